The van der Waals surface area contributed by atoms with E-state index in [4.69, 9.17) is 4.74 Å². The van der Waals surface area contributed by atoms with Crippen LogP contribution < -0.4 is 4.74 Å². The summed E-state index contributed by atoms with van der Waals surface area (Å²) in [5, 5.41) is 0.880. The monoisotopic (exact) mass is 453 g/mol. The lowest BCUT2D eigenvalue weighted by Crippen LogP contribution is -2.14. The van der Waals surface area contributed by atoms with Gasteiger partial charge in [0.25, 0.3) is 10.0 Å². The van der Waals surface area contributed by atoms with Crippen molar-refractivity contribution in [2.45, 2.75) is 11.8 Å². The number of fused-ring (bicyclic) bond motifs is 1. The van der Waals surface area contributed by atoms with Crippen LogP contribution in [0.25, 0.3) is 33.3 Å². The van der Waals surface area contributed by atoms with Gasteiger partial charge in [0.05, 0.1) is 23.2 Å². The summed E-state index contributed by atoms with van der Waals surface area (Å²) in [6.07, 6.45) is 0. The van der Waals surface area contributed by atoms with Crippen LogP contribution in [-0.2, 0) is 10.0 Å². The third-order valence-electron chi connectivity index (χ3n) is 5.82. The van der Waals surface area contributed by atoms with Crippen LogP contribution in [0.15, 0.2) is 108 Å². The minimum absolute atomic E-state index is 0.253. The van der Waals surface area contributed by atoms with Crippen molar-refractivity contribution in [3.05, 3.63) is 109 Å². The van der Waals surface area contributed by atoms with Gasteiger partial charge in [-0.25, -0.2) is 12.4 Å². The van der Waals surface area contributed by atoms with Gasteiger partial charge in [-0.1, -0.05) is 66.2 Å². The van der Waals surface area contributed by atoms with E-state index in [-0.39, 0.29) is 4.90 Å². The molecule has 0 fully saturated rings. The number of aryl methyl sites for hydroxylation is 1. The lowest BCUT2D eigenvalue weighted by molar-refractivity contribution is 0.415. The molecule has 0 N–H and O–H groups in total. The number of aromatic nitrogens is 1. The molecular formula is C28H23NO3S. The Morgan fingerprint density at radius 1 is 0.697 bits per heavy atom. The van der Waals surface area contributed by atoms with Crippen LogP contribution >= 0.6 is 0 Å². The van der Waals surface area contributed by atoms with Crippen molar-refractivity contribution in [1.29, 1.82) is 0 Å². The molecule has 0 amide bonds. The van der Waals surface area contributed by atoms with Gasteiger partial charge < -0.3 is 4.74 Å². The van der Waals surface area contributed by atoms with E-state index in [0.717, 1.165) is 27.6 Å². The molecule has 0 bridgehead atoms. The van der Waals surface area contributed by atoms with Gasteiger partial charge in [-0.3, -0.25) is 0 Å². The molecule has 1 heterocycles. The van der Waals surface area contributed by atoms with E-state index in [1.807, 2.05) is 97.9 Å². The summed E-state index contributed by atoms with van der Waals surface area (Å²) < 4.78 is 34.9. The molecule has 5 rings (SSSR count). The second kappa shape index (κ2) is 8.26. The summed E-state index contributed by atoms with van der Waals surface area (Å²) in [7, 11) is -2.26. The van der Waals surface area contributed by atoms with Crippen molar-refractivity contribution in [3.8, 4) is 28.1 Å². The molecule has 4 aromatic carbocycles. The molecule has 0 aliphatic heterocycles. The highest BCUT2D eigenvalue weighted by Gasteiger charge is 2.28. The molecule has 1 aromatic heterocycles. The molecule has 33 heavy (non-hydrogen) atoms. The number of benzene rings is 4. The van der Waals surface area contributed by atoms with E-state index in [9.17, 15) is 8.42 Å². The van der Waals surface area contributed by atoms with E-state index in [2.05, 4.69) is 0 Å². The Balaban J connectivity index is 1.92. The van der Waals surface area contributed by atoms with E-state index < -0.39 is 10.0 Å². The Hall–Kier alpha value is -3.83. The Morgan fingerprint density at radius 3 is 2.00 bits per heavy atom. The zero-order valence-electron chi connectivity index (χ0n) is 18.4. The maximum Gasteiger partial charge on any atom is 0.268 e. The van der Waals surface area contributed by atoms with Gasteiger partial charge in [-0.2, -0.15) is 0 Å². The standard InChI is InChI=1S/C28H23NO3S/c1-20-12-18-24(19-13-20)33(30,31)29-26-11-7-6-10-25(26)27(21-8-4-3-5-9-21)28(29)22-14-16-23(32-2)17-15-22/h3-19H,1-2H3. The fourth-order valence-electron chi connectivity index (χ4n) is 4.18. The minimum Gasteiger partial charge on any atom is -0.497 e. The summed E-state index contributed by atoms with van der Waals surface area (Å²) in [4.78, 5) is 0.253. The van der Waals surface area contributed by atoms with E-state index in [1.54, 1.807) is 19.2 Å². The van der Waals surface area contributed by atoms with Gasteiger partial charge in [-0.15, -0.1) is 0 Å². The molecule has 0 saturated carbocycles. The predicted octanol–water partition coefficient (Wildman–Crippen LogP) is 6.53. The molecule has 0 radical (unpaired) electrons. The predicted molar refractivity (Wildman–Crippen MR) is 133 cm³/mol. The van der Waals surface area contributed by atoms with Crippen molar-refractivity contribution in [1.82, 2.24) is 3.97 Å². The first-order valence-electron chi connectivity index (χ1n) is 10.7. The summed E-state index contributed by atoms with van der Waals surface area (Å²) in [6.45, 7) is 1.94. The highest BCUT2D eigenvalue weighted by molar-refractivity contribution is 7.90. The van der Waals surface area contributed by atoms with Crippen LogP contribution in [-0.4, -0.2) is 19.5 Å². The Morgan fingerprint density at radius 2 is 1.33 bits per heavy atom. The molecule has 0 aliphatic carbocycles. The lowest BCUT2D eigenvalue weighted by atomic mass is 9.98. The number of methoxy groups -OCH3 is 1. The fourth-order valence-corrected chi connectivity index (χ4v) is 5.73. The number of hydrogen-bond acceptors (Lipinski definition) is 3. The third-order valence-corrected chi connectivity index (χ3v) is 7.55. The Bertz CT molecular complexity index is 1530. The first-order chi connectivity index (χ1) is 16.0. The SMILES string of the molecule is COc1ccc(-c2c(-c3ccccc3)c3ccccc3n2S(=O)(=O)c2ccc(C)cc2)cc1. The van der Waals surface area contributed by atoms with Crippen molar-refractivity contribution >= 4 is 20.9 Å². The molecule has 5 aromatic rings. The highest BCUT2D eigenvalue weighted by atomic mass is 32.2. The minimum atomic E-state index is -3.88. The molecule has 5 heteroatoms. The number of hydrogen-bond donors (Lipinski definition) is 0. The van der Waals surface area contributed by atoms with Crippen molar-refractivity contribution < 1.29 is 13.2 Å². The van der Waals surface area contributed by atoms with Crippen LogP contribution in [0, 0.1) is 6.92 Å². The second-order valence-corrected chi connectivity index (χ2v) is 9.70. The molecule has 4 nitrogen and oxygen atoms in total. The van der Waals surface area contributed by atoms with Crippen LogP contribution in [0.5, 0.6) is 5.75 Å². The van der Waals surface area contributed by atoms with Crippen LogP contribution in [0.3, 0.4) is 0 Å². The van der Waals surface area contributed by atoms with E-state index in [1.165, 1.54) is 3.97 Å². The number of ether oxygens (including phenoxy) is 1. The topological polar surface area (TPSA) is 48.3 Å². The number of nitrogens with zero attached hydrogens (tertiary/aromatic N) is 1. The van der Waals surface area contributed by atoms with Crippen molar-refractivity contribution in [2.24, 2.45) is 0 Å². The first kappa shape index (κ1) is 21.0. The normalized spacial score (nSPS) is 11.6. The average molecular weight is 454 g/mol. The van der Waals surface area contributed by atoms with E-state index in [0.29, 0.717) is 17.0 Å². The zero-order chi connectivity index (χ0) is 23.0. The van der Waals surface area contributed by atoms with Gasteiger partial charge in [0.15, 0.2) is 0 Å². The molecule has 0 saturated heterocycles. The largest absolute Gasteiger partial charge is 0.497 e. The Kier molecular flexibility index (Phi) is 5.27. The van der Waals surface area contributed by atoms with Crippen molar-refractivity contribution in [3.63, 3.8) is 0 Å². The smallest absolute Gasteiger partial charge is 0.268 e. The Labute approximate surface area is 193 Å². The summed E-state index contributed by atoms with van der Waals surface area (Å²) in [5.41, 5.74) is 4.91. The van der Waals surface area contributed by atoms with Gasteiger partial charge in [0, 0.05) is 16.5 Å². The highest BCUT2D eigenvalue weighted by Crippen LogP contribution is 2.43. The van der Waals surface area contributed by atoms with E-state index >= 15 is 0 Å². The number of rotatable bonds is 5. The molecule has 0 spiro atoms. The van der Waals surface area contributed by atoms with Crippen molar-refractivity contribution in [2.75, 3.05) is 7.11 Å². The fraction of sp³-hybridized carbons (Fsp3) is 0.0714. The van der Waals surface area contributed by atoms with Gasteiger partial charge in [0.1, 0.15) is 5.75 Å². The molecular weight excluding hydrogens is 430 g/mol. The van der Waals surface area contributed by atoms with Crippen LogP contribution in [0.1, 0.15) is 5.56 Å². The molecule has 164 valence electrons. The summed E-state index contributed by atoms with van der Waals surface area (Å²) in [6, 6.07) is 32.1. The maximum atomic E-state index is 14.1. The molecule has 0 aliphatic rings. The second-order valence-electron chi connectivity index (χ2n) is 7.92. The first-order valence-corrected chi connectivity index (χ1v) is 12.1. The quantitative estimate of drug-likeness (QED) is 0.304. The van der Waals surface area contributed by atoms with Crippen LogP contribution in [0.4, 0.5) is 0 Å². The average Bonchev–Trinajstić information content (AvgIpc) is 3.21. The van der Waals surface area contributed by atoms with Gasteiger partial charge in [0.2, 0.25) is 0 Å². The third kappa shape index (κ3) is 3.60. The van der Waals surface area contributed by atoms with Gasteiger partial charge >= 0.3 is 0 Å². The molecule has 0 atom stereocenters. The zero-order valence-corrected chi connectivity index (χ0v) is 19.2. The lowest BCUT2D eigenvalue weighted by Gasteiger charge is -2.14. The van der Waals surface area contributed by atoms with Crippen LogP contribution in [0.2, 0.25) is 0 Å². The molecule has 0 unspecified atom stereocenters. The summed E-state index contributed by atoms with van der Waals surface area (Å²) >= 11 is 0. The number of para-hydroxylation sites is 1. The van der Waals surface area contributed by atoms with Gasteiger partial charge in [-0.05, 0) is 55.0 Å². The summed E-state index contributed by atoms with van der Waals surface area (Å²) in [5.74, 6) is 0.712. The maximum absolute atomic E-state index is 14.1.